The number of rotatable bonds is 3. The van der Waals surface area contributed by atoms with E-state index in [2.05, 4.69) is 20.1 Å². The van der Waals surface area contributed by atoms with E-state index in [0.29, 0.717) is 39.4 Å². The van der Waals surface area contributed by atoms with E-state index in [4.69, 9.17) is 9.47 Å². The molecule has 4 aromatic rings. The van der Waals surface area contributed by atoms with Gasteiger partial charge in [-0.05, 0) is 6.07 Å². The molecule has 0 saturated heterocycles. The van der Waals surface area contributed by atoms with E-state index >= 15 is 0 Å². The van der Waals surface area contributed by atoms with Gasteiger partial charge in [-0.1, -0.05) is 0 Å². The predicted molar refractivity (Wildman–Crippen MR) is 89.5 cm³/mol. The van der Waals surface area contributed by atoms with Crippen LogP contribution < -0.4 is 15.0 Å². The molecule has 0 fully saturated rings. The molecule has 3 heterocycles. The van der Waals surface area contributed by atoms with Crippen LogP contribution in [0.5, 0.6) is 11.5 Å². The molecule has 1 aromatic carbocycles. The van der Waals surface area contributed by atoms with Gasteiger partial charge in [0, 0.05) is 25.4 Å². The predicted octanol–water partition coefficient (Wildman–Crippen LogP) is 1.82. The highest BCUT2D eigenvalue weighted by Gasteiger charge is 2.14. The fourth-order valence-electron chi connectivity index (χ4n) is 2.74. The van der Waals surface area contributed by atoms with E-state index in [9.17, 15) is 4.79 Å². The second kappa shape index (κ2) is 5.12. The first kappa shape index (κ1) is 14.3. The molecule has 0 aliphatic heterocycles. The molecule has 8 heteroatoms. The summed E-state index contributed by atoms with van der Waals surface area (Å²) in [5, 5.41) is 4.31. The van der Waals surface area contributed by atoms with Crippen LogP contribution in [0.25, 0.3) is 33.5 Å². The van der Waals surface area contributed by atoms with Crippen molar-refractivity contribution in [1.82, 2.24) is 24.7 Å². The van der Waals surface area contributed by atoms with E-state index in [1.165, 1.54) is 0 Å². The number of aromatic amines is 2. The standard InChI is InChI=1S/C16H15N5O3/c1-21-7-12-11(20-21)4-8(16(22)19-12)15-17-9-5-13(23-2)14(24-3)6-10(9)18-15/h4-7H,1-3H3,(H,17,18)(H,19,22). The number of nitrogens with zero attached hydrogens (tertiary/aromatic N) is 3. The number of benzene rings is 1. The first-order chi connectivity index (χ1) is 11.6. The van der Waals surface area contributed by atoms with E-state index in [-0.39, 0.29) is 5.56 Å². The van der Waals surface area contributed by atoms with Crippen LogP contribution in [0.3, 0.4) is 0 Å². The monoisotopic (exact) mass is 325 g/mol. The van der Waals surface area contributed by atoms with Crippen LogP contribution >= 0.6 is 0 Å². The highest BCUT2D eigenvalue weighted by molar-refractivity contribution is 5.84. The van der Waals surface area contributed by atoms with Crippen molar-refractivity contribution in [3.63, 3.8) is 0 Å². The van der Waals surface area contributed by atoms with Gasteiger partial charge >= 0.3 is 0 Å². The number of hydrogen-bond acceptors (Lipinski definition) is 5. The summed E-state index contributed by atoms with van der Waals surface area (Å²) in [4.78, 5) is 22.8. The lowest BCUT2D eigenvalue weighted by molar-refractivity contribution is 0.356. The molecule has 2 N–H and O–H groups in total. The molecule has 0 spiro atoms. The Balaban J connectivity index is 1.93. The first-order valence-electron chi connectivity index (χ1n) is 7.28. The molecule has 0 radical (unpaired) electrons. The third kappa shape index (κ3) is 2.11. The van der Waals surface area contributed by atoms with Crippen molar-refractivity contribution in [2.24, 2.45) is 7.05 Å². The van der Waals surface area contributed by atoms with Gasteiger partial charge in [0.1, 0.15) is 11.3 Å². The van der Waals surface area contributed by atoms with E-state index in [0.717, 1.165) is 5.52 Å². The van der Waals surface area contributed by atoms with Gasteiger partial charge in [0.05, 0.1) is 36.3 Å². The van der Waals surface area contributed by atoms with Gasteiger partial charge in [-0.3, -0.25) is 9.48 Å². The van der Waals surface area contributed by atoms with Crippen LogP contribution in [0.2, 0.25) is 0 Å². The Morgan fingerprint density at radius 1 is 1.00 bits per heavy atom. The number of ether oxygens (including phenoxy) is 2. The summed E-state index contributed by atoms with van der Waals surface area (Å²) < 4.78 is 12.2. The second-order valence-corrected chi connectivity index (χ2v) is 5.42. The van der Waals surface area contributed by atoms with E-state index in [1.807, 2.05) is 0 Å². The van der Waals surface area contributed by atoms with Crippen LogP contribution in [0.1, 0.15) is 0 Å². The largest absolute Gasteiger partial charge is 0.493 e. The van der Waals surface area contributed by atoms with E-state index in [1.54, 1.807) is 50.3 Å². The number of methoxy groups -OCH3 is 2. The molecular weight excluding hydrogens is 310 g/mol. The lowest BCUT2D eigenvalue weighted by Crippen LogP contribution is -2.08. The molecule has 24 heavy (non-hydrogen) atoms. The molecule has 0 bridgehead atoms. The lowest BCUT2D eigenvalue weighted by Gasteiger charge is -2.06. The zero-order chi connectivity index (χ0) is 16.8. The third-order valence-electron chi connectivity index (χ3n) is 3.87. The smallest absolute Gasteiger partial charge is 0.259 e. The minimum Gasteiger partial charge on any atom is -0.493 e. The summed E-state index contributed by atoms with van der Waals surface area (Å²) in [7, 11) is 4.94. The maximum Gasteiger partial charge on any atom is 0.259 e. The average Bonchev–Trinajstić information content (AvgIpc) is 3.13. The average molecular weight is 325 g/mol. The number of hydrogen-bond donors (Lipinski definition) is 2. The van der Waals surface area contributed by atoms with Gasteiger partial charge in [0.15, 0.2) is 11.5 Å². The van der Waals surface area contributed by atoms with Gasteiger partial charge in [-0.25, -0.2) is 4.98 Å². The molecule has 4 rings (SSSR count). The molecule has 3 aromatic heterocycles. The SMILES string of the molecule is COc1cc2nc(-c3cc4nn(C)cc4[nH]c3=O)[nH]c2cc1OC. The summed E-state index contributed by atoms with van der Waals surface area (Å²) in [6.45, 7) is 0. The number of H-pyrrole nitrogens is 2. The minimum absolute atomic E-state index is 0.228. The van der Waals surface area contributed by atoms with Crippen molar-refractivity contribution in [1.29, 1.82) is 0 Å². The van der Waals surface area contributed by atoms with Gasteiger partial charge in [-0.15, -0.1) is 0 Å². The summed E-state index contributed by atoms with van der Waals surface area (Å²) in [6.07, 6.45) is 1.76. The Hall–Kier alpha value is -3.29. The fraction of sp³-hybridized carbons (Fsp3) is 0.188. The van der Waals surface area contributed by atoms with Crippen molar-refractivity contribution in [3.05, 3.63) is 34.7 Å². The summed E-state index contributed by atoms with van der Waals surface area (Å²) in [6, 6.07) is 5.28. The first-order valence-corrected chi connectivity index (χ1v) is 7.28. The maximum absolute atomic E-state index is 12.4. The van der Waals surface area contributed by atoms with Crippen molar-refractivity contribution >= 4 is 22.1 Å². The van der Waals surface area contributed by atoms with Crippen molar-refractivity contribution < 1.29 is 9.47 Å². The summed E-state index contributed by atoms with van der Waals surface area (Å²) in [5.74, 6) is 1.64. The van der Waals surface area contributed by atoms with Crippen molar-refractivity contribution in [3.8, 4) is 22.9 Å². The molecule has 122 valence electrons. The zero-order valence-corrected chi connectivity index (χ0v) is 13.4. The third-order valence-corrected chi connectivity index (χ3v) is 3.87. The Kier molecular flexibility index (Phi) is 3.05. The van der Waals surface area contributed by atoms with Crippen LogP contribution in [0.15, 0.2) is 29.2 Å². The number of aryl methyl sites for hydroxylation is 1. The van der Waals surface area contributed by atoms with Crippen LogP contribution in [0, 0.1) is 0 Å². The number of imidazole rings is 1. The highest BCUT2D eigenvalue weighted by Crippen LogP contribution is 2.32. The van der Waals surface area contributed by atoms with Crippen LogP contribution in [-0.4, -0.2) is 39.0 Å². The summed E-state index contributed by atoms with van der Waals surface area (Å²) >= 11 is 0. The van der Waals surface area contributed by atoms with Crippen LogP contribution in [-0.2, 0) is 7.05 Å². The summed E-state index contributed by atoms with van der Waals surface area (Å²) in [5.41, 5.74) is 3.02. The molecule has 0 amide bonds. The maximum atomic E-state index is 12.4. The molecule has 0 unspecified atom stereocenters. The molecule has 0 saturated carbocycles. The van der Waals surface area contributed by atoms with Gasteiger partial charge in [0.25, 0.3) is 5.56 Å². The second-order valence-electron chi connectivity index (χ2n) is 5.42. The Morgan fingerprint density at radius 2 is 1.75 bits per heavy atom. The number of aromatic nitrogens is 5. The molecule has 0 aliphatic rings. The molecule has 0 atom stereocenters. The number of pyridine rings is 1. The molecule has 8 nitrogen and oxygen atoms in total. The van der Waals surface area contributed by atoms with Gasteiger partial charge < -0.3 is 19.4 Å². The van der Waals surface area contributed by atoms with Gasteiger partial charge in [0.2, 0.25) is 0 Å². The lowest BCUT2D eigenvalue weighted by atomic mass is 10.2. The quantitative estimate of drug-likeness (QED) is 0.599. The topological polar surface area (TPSA) is 97.8 Å². The van der Waals surface area contributed by atoms with Crippen LogP contribution in [0.4, 0.5) is 0 Å². The Bertz CT molecular complexity index is 1080. The highest BCUT2D eigenvalue weighted by atomic mass is 16.5. The van der Waals surface area contributed by atoms with E-state index < -0.39 is 0 Å². The van der Waals surface area contributed by atoms with Gasteiger partial charge in [-0.2, -0.15) is 5.10 Å². The van der Waals surface area contributed by atoms with Crippen molar-refractivity contribution in [2.75, 3.05) is 14.2 Å². The number of fused-ring (bicyclic) bond motifs is 2. The minimum atomic E-state index is -0.228. The Morgan fingerprint density at radius 3 is 2.50 bits per heavy atom. The van der Waals surface area contributed by atoms with Crippen molar-refractivity contribution in [2.45, 2.75) is 0 Å². The normalized spacial score (nSPS) is 11.3. The number of nitrogens with one attached hydrogen (secondary N) is 2. The fourth-order valence-corrected chi connectivity index (χ4v) is 2.74. The molecule has 0 aliphatic carbocycles. The zero-order valence-electron chi connectivity index (χ0n) is 13.4. The molecular formula is C16H15N5O3. The Labute approximate surface area is 136 Å².